The number of anilines is 2. The minimum atomic E-state index is -0.744. The van der Waals surface area contributed by atoms with Gasteiger partial charge in [0.25, 0.3) is 0 Å². The van der Waals surface area contributed by atoms with Crippen molar-refractivity contribution in [3.8, 4) is 0 Å². The lowest BCUT2D eigenvalue weighted by molar-refractivity contribution is -0.384. The molecular weight excluding hydrogens is 451 g/mol. The minimum absolute atomic E-state index is 0.0622. The Bertz CT molecular complexity index is 1220. The summed E-state index contributed by atoms with van der Waals surface area (Å²) in [4.78, 5) is 29.1. The van der Waals surface area contributed by atoms with E-state index < -0.39 is 40.1 Å². The van der Waals surface area contributed by atoms with E-state index in [2.05, 4.69) is 15.6 Å². The van der Waals surface area contributed by atoms with Gasteiger partial charge >= 0.3 is 11.7 Å². The summed E-state index contributed by atoms with van der Waals surface area (Å²) in [6, 6.07) is 10.1. The van der Waals surface area contributed by atoms with Crippen LogP contribution in [0.5, 0.6) is 0 Å². The zero-order valence-electron chi connectivity index (χ0n) is 17.8. The molecule has 2 aromatic carbocycles. The van der Waals surface area contributed by atoms with Crippen LogP contribution in [0.25, 0.3) is 0 Å². The molecule has 3 aromatic rings. The summed E-state index contributed by atoms with van der Waals surface area (Å²) in [5, 5.41) is 16.4. The molecule has 1 saturated heterocycles. The number of rotatable bonds is 6. The van der Waals surface area contributed by atoms with E-state index in [1.165, 1.54) is 36.4 Å². The van der Waals surface area contributed by atoms with Crippen LogP contribution < -0.4 is 15.5 Å². The number of halogens is 3. The molecule has 2 amide bonds. The number of pyridine rings is 1. The predicted octanol–water partition coefficient (Wildman–Crippen LogP) is 5.07. The van der Waals surface area contributed by atoms with Crippen LogP contribution in [0.3, 0.4) is 0 Å². The monoisotopic (exact) mass is 471 g/mol. The number of amides is 2. The Morgan fingerprint density at radius 2 is 1.82 bits per heavy atom. The average molecular weight is 471 g/mol. The minimum Gasteiger partial charge on any atom is -0.349 e. The Hall–Kier alpha value is -4.15. The number of hydrogen-bond donors (Lipinski definition) is 2. The van der Waals surface area contributed by atoms with E-state index >= 15 is 0 Å². The fourth-order valence-electron chi connectivity index (χ4n) is 3.91. The van der Waals surface area contributed by atoms with Crippen LogP contribution in [0.1, 0.15) is 30.0 Å². The van der Waals surface area contributed by atoms with Crippen LogP contribution in [-0.2, 0) is 6.54 Å². The number of nitro groups is 1. The molecule has 0 bridgehead atoms. The van der Waals surface area contributed by atoms with Gasteiger partial charge < -0.3 is 10.2 Å². The molecule has 0 spiro atoms. The first-order chi connectivity index (χ1) is 16.3. The van der Waals surface area contributed by atoms with Crippen molar-refractivity contribution >= 4 is 23.4 Å². The van der Waals surface area contributed by atoms with Gasteiger partial charge in [-0.05, 0) is 54.8 Å². The molecule has 1 aromatic heterocycles. The quantitative estimate of drug-likeness (QED) is 0.386. The largest absolute Gasteiger partial charge is 0.349 e. The van der Waals surface area contributed by atoms with E-state index in [9.17, 15) is 28.1 Å². The summed E-state index contributed by atoms with van der Waals surface area (Å²) in [6.45, 7) is 0.536. The van der Waals surface area contributed by atoms with Crippen molar-refractivity contribution in [1.29, 1.82) is 0 Å². The van der Waals surface area contributed by atoms with Gasteiger partial charge in [0, 0.05) is 24.7 Å². The van der Waals surface area contributed by atoms with Crippen LogP contribution in [0.4, 0.5) is 35.3 Å². The van der Waals surface area contributed by atoms with Crippen molar-refractivity contribution in [3.63, 3.8) is 0 Å². The molecule has 2 N–H and O–H groups in total. The normalized spacial score (nSPS) is 15.3. The number of carbonyl (C=O) groups is 1. The Kier molecular flexibility index (Phi) is 6.62. The highest BCUT2D eigenvalue weighted by Crippen LogP contribution is 2.38. The number of nitrogens with one attached hydrogen (secondary N) is 2. The standard InChI is InChI=1S/C23H20F3N5O3/c24-15-5-3-14(4-6-15)13-27-23(32)29-22-20(31(33)34)9-10-21(28-22)30-11-1-2-19(30)17-12-16(25)7-8-18(17)26/h3-10,12,19H,1-2,11,13H2,(H2,27,28,29,32). The molecule has 1 aliphatic rings. The molecule has 34 heavy (non-hydrogen) atoms. The van der Waals surface area contributed by atoms with Gasteiger partial charge in [-0.2, -0.15) is 0 Å². The maximum Gasteiger partial charge on any atom is 0.320 e. The third kappa shape index (κ3) is 5.08. The maximum atomic E-state index is 14.4. The Morgan fingerprint density at radius 1 is 1.09 bits per heavy atom. The predicted molar refractivity (Wildman–Crippen MR) is 119 cm³/mol. The summed E-state index contributed by atoms with van der Waals surface area (Å²) >= 11 is 0. The fraction of sp³-hybridized carbons (Fsp3) is 0.217. The summed E-state index contributed by atoms with van der Waals surface area (Å²) < 4.78 is 41.2. The number of urea groups is 1. The van der Waals surface area contributed by atoms with Gasteiger partial charge in [-0.15, -0.1) is 0 Å². The van der Waals surface area contributed by atoms with Crippen molar-refractivity contribution in [3.05, 3.63) is 93.3 Å². The molecule has 1 atom stereocenters. The van der Waals surface area contributed by atoms with Crippen LogP contribution in [0.2, 0.25) is 0 Å². The van der Waals surface area contributed by atoms with E-state index in [0.717, 1.165) is 18.2 Å². The molecule has 176 valence electrons. The smallest absolute Gasteiger partial charge is 0.320 e. The van der Waals surface area contributed by atoms with E-state index in [-0.39, 0.29) is 23.7 Å². The van der Waals surface area contributed by atoms with E-state index in [1.807, 2.05) is 0 Å². The highest BCUT2D eigenvalue weighted by atomic mass is 19.1. The highest BCUT2D eigenvalue weighted by Gasteiger charge is 2.31. The maximum absolute atomic E-state index is 14.4. The lowest BCUT2D eigenvalue weighted by Crippen LogP contribution is -2.29. The third-order valence-corrected chi connectivity index (χ3v) is 5.52. The van der Waals surface area contributed by atoms with Crippen LogP contribution in [0.15, 0.2) is 54.6 Å². The summed E-state index contributed by atoms with van der Waals surface area (Å²) in [5.74, 6) is -1.54. The number of nitrogens with zero attached hydrogens (tertiary/aromatic N) is 3. The molecule has 4 rings (SSSR count). The number of aromatic nitrogens is 1. The highest BCUT2D eigenvalue weighted by molar-refractivity contribution is 5.90. The molecule has 1 aliphatic heterocycles. The van der Waals surface area contributed by atoms with Crippen molar-refractivity contribution in [2.45, 2.75) is 25.4 Å². The Morgan fingerprint density at radius 3 is 2.56 bits per heavy atom. The summed E-state index contributed by atoms with van der Waals surface area (Å²) in [5.41, 5.74) is 0.377. The number of benzene rings is 2. The van der Waals surface area contributed by atoms with Gasteiger partial charge in [0.15, 0.2) is 0 Å². The molecule has 8 nitrogen and oxygen atoms in total. The van der Waals surface area contributed by atoms with Gasteiger partial charge in [-0.3, -0.25) is 15.4 Å². The first kappa shape index (κ1) is 23.0. The molecule has 0 saturated carbocycles. The van der Waals surface area contributed by atoms with E-state index in [1.54, 1.807) is 4.90 Å². The zero-order valence-corrected chi connectivity index (χ0v) is 17.8. The fourth-order valence-corrected chi connectivity index (χ4v) is 3.91. The third-order valence-electron chi connectivity index (χ3n) is 5.52. The summed E-state index contributed by atoms with van der Waals surface area (Å²) in [6.07, 6.45) is 1.22. The lowest BCUT2D eigenvalue weighted by atomic mass is 10.0. The van der Waals surface area contributed by atoms with Crippen molar-refractivity contribution in [1.82, 2.24) is 10.3 Å². The Labute approximate surface area is 192 Å². The van der Waals surface area contributed by atoms with Crippen molar-refractivity contribution in [2.75, 3.05) is 16.8 Å². The number of carbonyl (C=O) groups excluding carboxylic acids is 1. The second-order valence-corrected chi connectivity index (χ2v) is 7.75. The molecule has 0 radical (unpaired) electrons. The Balaban J connectivity index is 1.55. The zero-order chi connectivity index (χ0) is 24.2. The molecule has 11 heteroatoms. The van der Waals surface area contributed by atoms with Crippen molar-refractivity contribution in [2.24, 2.45) is 0 Å². The van der Waals surface area contributed by atoms with Crippen molar-refractivity contribution < 1.29 is 22.9 Å². The van der Waals surface area contributed by atoms with Crippen LogP contribution in [0, 0.1) is 27.6 Å². The molecule has 2 heterocycles. The van der Waals surface area contributed by atoms with E-state index in [4.69, 9.17) is 0 Å². The van der Waals surface area contributed by atoms with E-state index in [0.29, 0.717) is 24.9 Å². The molecule has 1 fully saturated rings. The molecule has 1 unspecified atom stereocenters. The summed E-state index contributed by atoms with van der Waals surface area (Å²) in [7, 11) is 0. The second-order valence-electron chi connectivity index (χ2n) is 7.75. The second kappa shape index (κ2) is 9.77. The molecule has 0 aliphatic carbocycles. The lowest BCUT2D eigenvalue weighted by Gasteiger charge is -2.26. The van der Waals surface area contributed by atoms with Gasteiger partial charge in [0.2, 0.25) is 5.82 Å². The molecular formula is C23H20F3N5O3. The topological polar surface area (TPSA) is 100 Å². The number of hydrogen-bond acceptors (Lipinski definition) is 5. The first-order valence-corrected chi connectivity index (χ1v) is 10.5. The van der Waals surface area contributed by atoms with Gasteiger partial charge in [0.1, 0.15) is 23.3 Å². The van der Waals surface area contributed by atoms with Crippen LogP contribution >= 0.6 is 0 Å². The SMILES string of the molecule is O=C(NCc1ccc(F)cc1)Nc1nc(N2CCCC2c2cc(F)ccc2F)ccc1[N+](=O)[O-]. The van der Waals surface area contributed by atoms with Gasteiger partial charge in [-0.1, -0.05) is 12.1 Å². The van der Waals surface area contributed by atoms with Gasteiger partial charge in [0.05, 0.1) is 11.0 Å². The average Bonchev–Trinajstić information content (AvgIpc) is 3.30. The van der Waals surface area contributed by atoms with Gasteiger partial charge in [-0.25, -0.2) is 22.9 Å². The van der Waals surface area contributed by atoms with Crippen LogP contribution in [-0.4, -0.2) is 22.5 Å². The first-order valence-electron chi connectivity index (χ1n) is 10.5.